The highest BCUT2D eigenvalue weighted by Gasteiger charge is 2.33. The lowest BCUT2D eigenvalue weighted by molar-refractivity contribution is -0.149. The zero-order valence-electron chi connectivity index (χ0n) is 12.1. The van der Waals surface area contributed by atoms with Crippen LogP contribution in [0, 0.1) is 17.6 Å². The molecule has 0 unspecified atom stereocenters. The summed E-state index contributed by atoms with van der Waals surface area (Å²) in [6.45, 7) is 2.28. The molecule has 0 spiro atoms. The van der Waals surface area contributed by atoms with Gasteiger partial charge in [-0.15, -0.1) is 0 Å². The number of carbonyl (C=O) groups excluding carboxylic acids is 1. The van der Waals surface area contributed by atoms with Gasteiger partial charge in [0.15, 0.2) is 11.6 Å². The second-order valence-corrected chi connectivity index (χ2v) is 6.94. The van der Waals surface area contributed by atoms with Crippen LogP contribution < -0.4 is 0 Å². The number of sulfonamides is 1. The standard InChI is InChI=1S/C14H17F2NO4S/c1-2-21-14(18)10-5-7-17(8-6-10)22(19,20)11-3-4-12(15)13(16)9-11/h3-4,9-10H,2,5-8H2,1H3. The van der Waals surface area contributed by atoms with Crippen LogP contribution in [0.2, 0.25) is 0 Å². The number of piperidine rings is 1. The molecular weight excluding hydrogens is 316 g/mol. The van der Waals surface area contributed by atoms with Crippen molar-refractivity contribution in [2.75, 3.05) is 19.7 Å². The van der Waals surface area contributed by atoms with Gasteiger partial charge in [-0.05, 0) is 38.0 Å². The van der Waals surface area contributed by atoms with E-state index in [1.165, 1.54) is 4.31 Å². The molecule has 1 saturated heterocycles. The second kappa shape index (κ2) is 6.70. The van der Waals surface area contributed by atoms with Crippen molar-refractivity contribution < 1.29 is 26.7 Å². The molecule has 0 N–H and O–H groups in total. The van der Waals surface area contributed by atoms with E-state index in [0.29, 0.717) is 18.9 Å². The van der Waals surface area contributed by atoms with Crippen molar-refractivity contribution in [2.24, 2.45) is 5.92 Å². The second-order valence-electron chi connectivity index (χ2n) is 5.01. The van der Waals surface area contributed by atoms with Crippen LogP contribution in [0.3, 0.4) is 0 Å². The van der Waals surface area contributed by atoms with Gasteiger partial charge in [0.2, 0.25) is 10.0 Å². The number of hydrogen-bond donors (Lipinski definition) is 0. The Hall–Kier alpha value is -1.54. The molecule has 2 rings (SSSR count). The Morgan fingerprint density at radius 2 is 1.91 bits per heavy atom. The van der Waals surface area contributed by atoms with E-state index >= 15 is 0 Å². The van der Waals surface area contributed by atoms with Crippen LogP contribution in [-0.2, 0) is 19.6 Å². The molecule has 8 heteroatoms. The van der Waals surface area contributed by atoms with Gasteiger partial charge in [0.05, 0.1) is 17.4 Å². The first-order chi connectivity index (χ1) is 10.4. The summed E-state index contributed by atoms with van der Waals surface area (Å²) >= 11 is 0. The summed E-state index contributed by atoms with van der Waals surface area (Å²) in [5, 5.41) is 0. The van der Waals surface area contributed by atoms with Crippen molar-refractivity contribution >= 4 is 16.0 Å². The number of rotatable bonds is 4. The highest BCUT2D eigenvalue weighted by molar-refractivity contribution is 7.89. The van der Waals surface area contributed by atoms with Crippen molar-refractivity contribution in [3.8, 4) is 0 Å². The maximum Gasteiger partial charge on any atom is 0.309 e. The summed E-state index contributed by atoms with van der Waals surface area (Å²) in [6, 6.07) is 2.49. The highest BCUT2D eigenvalue weighted by atomic mass is 32.2. The zero-order chi connectivity index (χ0) is 16.3. The first-order valence-electron chi connectivity index (χ1n) is 6.98. The van der Waals surface area contributed by atoms with Crippen LogP contribution in [0.25, 0.3) is 0 Å². The number of hydrogen-bond acceptors (Lipinski definition) is 4. The van der Waals surface area contributed by atoms with E-state index < -0.39 is 21.7 Å². The minimum atomic E-state index is -3.89. The predicted molar refractivity (Wildman–Crippen MR) is 74.5 cm³/mol. The molecule has 1 aliphatic heterocycles. The van der Waals surface area contributed by atoms with Gasteiger partial charge in [-0.2, -0.15) is 4.31 Å². The van der Waals surface area contributed by atoms with E-state index in [1.807, 2.05) is 0 Å². The van der Waals surface area contributed by atoms with Crippen LogP contribution >= 0.6 is 0 Å². The van der Waals surface area contributed by atoms with Gasteiger partial charge in [0, 0.05) is 13.1 Å². The third-order valence-electron chi connectivity index (χ3n) is 3.60. The van der Waals surface area contributed by atoms with Crippen molar-refractivity contribution in [3.05, 3.63) is 29.8 Å². The Labute approximate surface area is 127 Å². The number of nitrogens with zero attached hydrogens (tertiary/aromatic N) is 1. The monoisotopic (exact) mass is 333 g/mol. The molecular formula is C14H17F2NO4S. The zero-order valence-corrected chi connectivity index (χ0v) is 12.9. The van der Waals surface area contributed by atoms with Crippen molar-refractivity contribution in [3.63, 3.8) is 0 Å². The maximum atomic E-state index is 13.2. The maximum absolute atomic E-state index is 13.2. The lowest BCUT2D eigenvalue weighted by atomic mass is 9.98. The van der Waals surface area contributed by atoms with Gasteiger partial charge < -0.3 is 4.74 Å². The van der Waals surface area contributed by atoms with Crippen LogP contribution in [0.4, 0.5) is 8.78 Å². The van der Waals surface area contributed by atoms with E-state index in [1.54, 1.807) is 6.92 Å². The molecule has 0 aromatic heterocycles. The molecule has 1 fully saturated rings. The highest BCUT2D eigenvalue weighted by Crippen LogP contribution is 2.25. The Morgan fingerprint density at radius 1 is 1.27 bits per heavy atom. The van der Waals surface area contributed by atoms with Gasteiger partial charge >= 0.3 is 5.97 Å². The first kappa shape index (κ1) is 16.8. The van der Waals surface area contributed by atoms with Crippen LogP contribution in [-0.4, -0.2) is 38.4 Å². The van der Waals surface area contributed by atoms with Crippen LogP contribution in [0.15, 0.2) is 23.1 Å². The van der Waals surface area contributed by atoms with E-state index in [4.69, 9.17) is 4.74 Å². The normalized spacial score (nSPS) is 17.4. The lowest BCUT2D eigenvalue weighted by Gasteiger charge is -2.30. The van der Waals surface area contributed by atoms with Gasteiger partial charge in [-0.25, -0.2) is 17.2 Å². The van der Waals surface area contributed by atoms with E-state index in [-0.39, 0.29) is 36.5 Å². The topological polar surface area (TPSA) is 63.7 Å². The summed E-state index contributed by atoms with van der Waals surface area (Å²) in [5.41, 5.74) is 0. The Kier molecular flexibility index (Phi) is 5.12. The molecule has 22 heavy (non-hydrogen) atoms. The van der Waals surface area contributed by atoms with Gasteiger partial charge in [-0.3, -0.25) is 4.79 Å². The van der Waals surface area contributed by atoms with E-state index in [2.05, 4.69) is 0 Å². The quantitative estimate of drug-likeness (QED) is 0.790. The SMILES string of the molecule is CCOC(=O)C1CCN(S(=O)(=O)c2ccc(F)c(F)c2)CC1. The molecule has 1 aromatic carbocycles. The molecule has 0 radical (unpaired) electrons. The van der Waals surface area contributed by atoms with Crippen molar-refractivity contribution in [1.29, 1.82) is 0 Å². The number of halogens is 2. The molecule has 0 atom stereocenters. The largest absolute Gasteiger partial charge is 0.466 e. The minimum absolute atomic E-state index is 0.144. The molecule has 5 nitrogen and oxygen atoms in total. The summed E-state index contributed by atoms with van der Waals surface area (Å²) in [4.78, 5) is 11.3. The molecule has 0 bridgehead atoms. The number of benzene rings is 1. The summed E-state index contributed by atoms with van der Waals surface area (Å²) in [7, 11) is -3.89. The molecule has 0 saturated carbocycles. The molecule has 1 heterocycles. The van der Waals surface area contributed by atoms with Gasteiger partial charge in [0.25, 0.3) is 0 Å². The predicted octanol–water partition coefficient (Wildman–Crippen LogP) is 1.93. The molecule has 1 aliphatic rings. The molecule has 1 aromatic rings. The lowest BCUT2D eigenvalue weighted by Crippen LogP contribution is -2.40. The molecule has 0 aliphatic carbocycles. The summed E-state index contributed by atoms with van der Waals surface area (Å²) < 4.78 is 57.0. The summed E-state index contributed by atoms with van der Waals surface area (Å²) in [6.07, 6.45) is 0.698. The van der Waals surface area contributed by atoms with E-state index in [0.717, 1.165) is 12.1 Å². The Balaban J connectivity index is 2.09. The number of carbonyl (C=O) groups is 1. The van der Waals surface area contributed by atoms with Crippen molar-refractivity contribution in [1.82, 2.24) is 4.31 Å². The third-order valence-corrected chi connectivity index (χ3v) is 5.50. The number of esters is 1. The minimum Gasteiger partial charge on any atom is -0.466 e. The average molecular weight is 333 g/mol. The fourth-order valence-electron chi connectivity index (χ4n) is 2.38. The Morgan fingerprint density at radius 3 is 2.45 bits per heavy atom. The molecule has 0 amide bonds. The smallest absolute Gasteiger partial charge is 0.309 e. The number of ether oxygens (including phenoxy) is 1. The van der Waals surface area contributed by atoms with Crippen LogP contribution in [0.1, 0.15) is 19.8 Å². The summed E-state index contributed by atoms with van der Waals surface area (Å²) in [5.74, 6) is -2.95. The van der Waals surface area contributed by atoms with E-state index in [9.17, 15) is 22.0 Å². The first-order valence-corrected chi connectivity index (χ1v) is 8.42. The van der Waals surface area contributed by atoms with Gasteiger partial charge in [-0.1, -0.05) is 0 Å². The third kappa shape index (κ3) is 3.44. The van der Waals surface area contributed by atoms with Gasteiger partial charge in [0.1, 0.15) is 0 Å². The van der Waals surface area contributed by atoms with Crippen LogP contribution in [0.5, 0.6) is 0 Å². The fourth-order valence-corrected chi connectivity index (χ4v) is 3.86. The fraction of sp³-hybridized carbons (Fsp3) is 0.500. The van der Waals surface area contributed by atoms with Crippen molar-refractivity contribution in [2.45, 2.75) is 24.7 Å². The average Bonchev–Trinajstić information content (AvgIpc) is 2.50. The Bertz CT molecular complexity index is 655. The molecule has 122 valence electrons.